The van der Waals surface area contributed by atoms with E-state index in [0.717, 1.165) is 0 Å². The predicted molar refractivity (Wildman–Crippen MR) is 246 cm³/mol. The van der Waals surface area contributed by atoms with Gasteiger partial charge in [-0.25, -0.2) is 0 Å². The highest BCUT2D eigenvalue weighted by atomic mass is 15.2. The fraction of sp³-hybridized carbons (Fsp3) is 0.0545. The Morgan fingerprint density at radius 2 is 1.14 bits per heavy atom. The van der Waals surface area contributed by atoms with Gasteiger partial charge in [-0.1, -0.05) is 172 Å². The molecule has 0 fully saturated rings. The summed E-state index contributed by atoms with van der Waals surface area (Å²) in [6, 6.07) is 70.4. The van der Waals surface area contributed by atoms with E-state index < -0.39 is 0 Å². The molecule has 0 saturated heterocycles. The Bertz CT molecular complexity index is 3360. The molecular weight excluding hydrogens is 699 g/mol. The molecule has 0 amide bonds. The molecule has 10 aromatic rings. The van der Waals surface area contributed by atoms with Gasteiger partial charge in [-0.3, -0.25) is 0 Å². The van der Waals surface area contributed by atoms with Gasteiger partial charge in [-0.2, -0.15) is 0 Å². The van der Waals surface area contributed by atoms with Gasteiger partial charge >= 0.3 is 6.85 Å². The second-order valence-corrected chi connectivity index (χ2v) is 16.8. The maximum atomic E-state index is 2.71. The molecule has 3 heterocycles. The zero-order valence-corrected chi connectivity index (χ0v) is 32.4. The normalized spacial score (nSPS) is 14.1. The molecule has 1 aliphatic carbocycles. The van der Waals surface area contributed by atoms with Crippen molar-refractivity contribution in [3.63, 3.8) is 0 Å². The van der Waals surface area contributed by atoms with Crippen LogP contribution in [0.3, 0.4) is 0 Å². The highest BCUT2D eigenvalue weighted by molar-refractivity contribution is 6.90. The first-order valence-electron chi connectivity index (χ1n) is 20.5. The van der Waals surface area contributed by atoms with Gasteiger partial charge < -0.3 is 9.38 Å². The van der Waals surface area contributed by atoms with Crippen molar-refractivity contribution in [1.82, 2.24) is 4.48 Å². The van der Waals surface area contributed by atoms with Crippen molar-refractivity contribution in [2.75, 3.05) is 4.90 Å². The second kappa shape index (κ2) is 11.5. The Labute approximate surface area is 338 Å². The van der Waals surface area contributed by atoms with Crippen LogP contribution in [0, 0.1) is 0 Å². The van der Waals surface area contributed by atoms with E-state index >= 15 is 0 Å². The van der Waals surface area contributed by atoms with Gasteiger partial charge in [0.25, 0.3) is 0 Å². The number of hydrogen-bond donors (Lipinski definition) is 0. The summed E-state index contributed by atoms with van der Waals surface area (Å²) in [6.07, 6.45) is 0. The van der Waals surface area contributed by atoms with Gasteiger partial charge in [0.15, 0.2) is 0 Å². The Balaban J connectivity index is 1.20. The number of fused-ring (bicyclic) bond motifs is 13. The Hall–Kier alpha value is -7.10. The topological polar surface area (TPSA) is 8.17 Å². The zero-order valence-electron chi connectivity index (χ0n) is 32.4. The van der Waals surface area contributed by atoms with Gasteiger partial charge in [-0.05, 0) is 102 Å². The van der Waals surface area contributed by atoms with Crippen molar-refractivity contribution < 1.29 is 0 Å². The van der Waals surface area contributed by atoms with Gasteiger partial charge in [-0.15, -0.1) is 0 Å². The minimum Gasteiger partial charge on any atom is -0.375 e. The third kappa shape index (κ3) is 4.13. The molecule has 0 spiro atoms. The van der Waals surface area contributed by atoms with Crippen molar-refractivity contribution in [1.29, 1.82) is 0 Å². The number of hydrogen-bond acceptors (Lipinski definition) is 1. The minimum absolute atomic E-state index is 0.0515. The average molecular weight is 737 g/mol. The van der Waals surface area contributed by atoms with Crippen LogP contribution >= 0.6 is 0 Å². The van der Waals surface area contributed by atoms with E-state index in [4.69, 9.17) is 0 Å². The lowest BCUT2D eigenvalue weighted by Gasteiger charge is -2.43. The average Bonchev–Trinajstić information content (AvgIpc) is 3.74. The van der Waals surface area contributed by atoms with E-state index in [9.17, 15) is 0 Å². The molecule has 2 nitrogen and oxygen atoms in total. The van der Waals surface area contributed by atoms with E-state index in [-0.39, 0.29) is 12.3 Å². The summed E-state index contributed by atoms with van der Waals surface area (Å²) in [5.74, 6) is 0. The fourth-order valence-corrected chi connectivity index (χ4v) is 11.0. The van der Waals surface area contributed by atoms with E-state index in [1.54, 1.807) is 0 Å². The molecule has 13 rings (SSSR count). The van der Waals surface area contributed by atoms with E-state index in [2.05, 4.69) is 211 Å². The smallest absolute Gasteiger partial charge is 0.333 e. The van der Waals surface area contributed by atoms with Crippen molar-refractivity contribution >= 4 is 67.4 Å². The first kappa shape index (κ1) is 32.0. The Morgan fingerprint density at radius 1 is 0.483 bits per heavy atom. The zero-order chi connectivity index (χ0) is 38.3. The standard InChI is InChI=1S/C55H37BN2/c1-55(2)46-23-12-11-20-41(46)44-33-45-42-21-13-22-43-50-40-19-10-9-18-37(40)26-31-49(50)58(53(42)43)56-47-32-38(35-16-7-4-8-17-35)27-30-48(47)57(54(51(44)55)52(45)56)39-28-24-36(25-29-39)34-14-5-3-6-15-34/h3-33H,1-2H3. The van der Waals surface area contributed by atoms with Crippen LogP contribution in [0.25, 0.3) is 77.1 Å². The summed E-state index contributed by atoms with van der Waals surface area (Å²) >= 11 is 0. The van der Waals surface area contributed by atoms with E-state index in [1.165, 1.54) is 116 Å². The van der Waals surface area contributed by atoms with Gasteiger partial charge in [0.1, 0.15) is 0 Å². The number of aromatic nitrogens is 1. The maximum absolute atomic E-state index is 2.71. The van der Waals surface area contributed by atoms with Crippen LogP contribution in [-0.2, 0) is 5.41 Å². The molecule has 0 radical (unpaired) electrons. The molecule has 0 atom stereocenters. The van der Waals surface area contributed by atoms with Crippen LogP contribution < -0.4 is 15.8 Å². The van der Waals surface area contributed by atoms with Crippen molar-refractivity contribution in [2.45, 2.75) is 19.3 Å². The minimum atomic E-state index is -0.230. The number of benzene rings is 9. The predicted octanol–water partition coefficient (Wildman–Crippen LogP) is 13.0. The lowest BCUT2D eigenvalue weighted by atomic mass is 9.44. The summed E-state index contributed by atoms with van der Waals surface area (Å²) in [7, 11) is 0. The van der Waals surface area contributed by atoms with Crippen LogP contribution in [0.4, 0.5) is 17.1 Å². The SMILES string of the molecule is CC1(C)c2ccccc2-c2cc3c4c(c21)N(c1ccc(-c2ccccc2)cc1)c1ccc(-c2ccccc2)cc1B4n1c2ccc4ccccc4c2c2cccc-3c21. The molecule has 270 valence electrons. The molecule has 3 heteroatoms. The highest BCUT2D eigenvalue weighted by Gasteiger charge is 2.48. The first-order chi connectivity index (χ1) is 28.6. The Morgan fingerprint density at radius 3 is 1.95 bits per heavy atom. The van der Waals surface area contributed by atoms with Gasteiger partial charge in [0.2, 0.25) is 0 Å². The summed E-state index contributed by atoms with van der Waals surface area (Å²) < 4.78 is 2.71. The number of rotatable bonds is 3. The molecule has 0 bridgehead atoms. The molecule has 1 aromatic heterocycles. The number of para-hydroxylation sites is 1. The third-order valence-corrected chi connectivity index (χ3v) is 13.5. The maximum Gasteiger partial charge on any atom is 0.333 e. The summed E-state index contributed by atoms with van der Waals surface area (Å²) in [5, 5.41) is 5.23. The van der Waals surface area contributed by atoms with Crippen LogP contribution in [0.2, 0.25) is 0 Å². The van der Waals surface area contributed by atoms with Gasteiger partial charge in [0.05, 0.1) is 0 Å². The van der Waals surface area contributed by atoms with Crippen LogP contribution in [0.15, 0.2) is 188 Å². The fourth-order valence-electron chi connectivity index (χ4n) is 11.0. The van der Waals surface area contributed by atoms with Crippen LogP contribution in [-0.4, -0.2) is 11.3 Å². The lowest BCUT2D eigenvalue weighted by Crippen LogP contribution is -2.57. The monoisotopic (exact) mass is 736 g/mol. The Kier molecular flexibility index (Phi) is 6.35. The van der Waals surface area contributed by atoms with Crippen molar-refractivity contribution in [3.05, 3.63) is 199 Å². The number of anilines is 3. The van der Waals surface area contributed by atoms with Crippen LogP contribution in [0.5, 0.6) is 0 Å². The molecule has 9 aromatic carbocycles. The van der Waals surface area contributed by atoms with Crippen molar-refractivity contribution in [2.24, 2.45) is 0 Å². The van der Waals surface area contributed by atoms with E-state index in [1.807, 2.05) is 0 Å². The molecular formula is C55H37BN2. The molecule has 3 aliphatic rings. The highest BCUT2D eigenvalue weighted by Crippen LogP contribution is 2.57. The van der Waals surface area contributed by atoms with Gasteiger partial charge in [0, 0.05) is 49.8 Å². The molecule has 0 unspecified atom stereocenters. The summed E-state index contributed by atoms with van der Waals surface area (Å²) in [6.45, 7) is 4.82. The molecule has 0 saturated carbocycles. The molecule has 0 N–H and O–H groups in total. The molecule has 2 aliphatic heterocycles. The largest absolute Gasteiger partial charge is 0.375 e. The second-order valence-electron chi connectivity index (χ2n) is 16.8. The quantitative estimate of drug-likeness (QED) is 0.164. The summed E-state index contributed by atoms with van der Waals surface area (Å²) in [4.78, 5) is 2.62. The van der Waals surface area contributed by atoms with Crippen molar-refractivity contribution in [3.8, 4) is 44.5 Å². The third-order valence-electron chi connectivity index (χ3n) is 13.5. The first-order valence-corrected chi connectivity index (χ1v) is 20.5. The molecule has 58 heavy (non-hydrogen) atoms. The number of nitrogens with zero attached hydrogens (tertiary/aromatic N) is 2. The summed E-state index contributed by atoms with van der Waals surface area (Å²) in [5.41, 5.74) is 21.8. The van der Waals surface area contributed by atoms with E-state index in [0.29, 0.717) is 0 Å². The lowest BCUT2D eigenvalue weighted by molar-refractivity contribution is 0.661. The van der Waals surface area contributed by atoms with Crippen LogP contribution in [0.1, 0.15) is 25.0 Å².